The largest absolute Gasteiger partial charge is 0.340 e. The van der Waals surface area contributed by atoms with Crippen molar-refractivity contribution >= 4 is 16.9 Å². The van der Waals surface area contributed by atoms with Crippen molar-refractivity contribution in [1.29, 1.82) is 0 Å². The Kier molecular flexibility index (Phi) is 2.11. The highest BCUT2D eigenvalue weighted by Crippen LogP contribution is 2.14. The standard InChI is InChI=1S/C11H10N3O2/c15-11-5-6-16-14(11)7-10-12-8-3-1-2-4-9(8)13-10/h1-5H,6-7H2,(H,12,13). The van der Waals surface area contributed by atoms with E-state index in [-0.39, 0.29) is 5.91 Å². The van der Waals surface area contributed by atoms with Gasteiger partial charge >= 0.3 is 0 Å². The predicted octanol–water partition coefficient (Wildman–Crippen LogP) is 1.04. The molecule has 2 heterocycles. The van der Waals surface area contributed by atoms with E-state index in [1.165, 1.54) is 11.5 Å². The van der Waals surface area contributed by atoms with Crippen LogP contribution in [-0.4, -0.2) is 27.5 Å². The lowest BCUT2D eigenvalue weighted by Crippen LogP contribution is -2.23. The molecule has 0 bridgehead atoms. The Balaban J connectivity index is 1.86. The van der Waals surface area contributed by atoms with Crippen LogP contribution in [0.15, 0.2) is 24.3 Å². The molecule has 1 N–H and O–H groups in total. The number of carbonyl (C=O) groups excluding carboxylic acids is 1. The number of hydrogen-bond acceptors (Lipinski definition) is 3. The van der Waals surface area contributed by atoms with E-state index in [1.807, 2.05) is 24.3 Å². The van der Waals surface area contributed by atoms with E-state index in [0.29, 0.717) is 13.2 Å². The van der Waals surface area contributed by atoms with Gasteiger partial charge in [0.05, 0.1) is 24.1 Å². The number of benzene rings is 1. The fourth-order valence-electron chi connectivity index (χ4n) is 1.70. The van der Waals surface area contributed by atoms with E-state index in [1.54, 1.807) is 0 Å². The molecule has 81 valence electrons. The van der Waals surface area contributed by atoms with Crippen molar-refractivity contribution in [3.63, 3.8) is 0 Å². The Morgan fingerprint density at radius 2 is 2.31 bits per heavy atom. The minimum Gasteiger partial charge on any atom is -0.340 e. The van der Waals surface area contributed by atoms with E-state index in [2.05, 4.69) is 9.97 Å². The van der Waals surface area contributed by atoms with Crippen LogP contribution in [0.4, 0.5) is 0 Å². The summed E-state index contributed by atoms with van der Waals surface area (Å²) in [7, 11) is 0. The molecule has 5 nitrogen and oxygen atoms in total. The van der Waals surface area contributed by atoms with Crippen molar-refractivity contribution in [3.8, 4) is 0 Å². The van der Waals surface area contributed by atoms with Gasteiger partial charge in [-0.15, -0.1) is 0 Å². The summed E-state index contributed by atoms with van der Waals surface area (Å²) in [4.78, 5) is 23.9. The molecular weight excluding hydrogens is 206 g/mol. The van der Waals surface area contributed by atoms with Gasteiger partial charge in [-0.25, -0.2) is 10.0 Å². The molecule has 0 saturated carbocycles. The maximum absolute atomic E-state index is 11.3. The second-order valence-electron chi connectivity index (χ2n) is 3.58. The molecular formula is C11H10N3O2. The van der Waals surface area contributed by atoms with E-state index in [9.17, 15) is 4.79 Å². The third-order valence-electron chi connectivity index (χ3n) is 2.47. The lowest BCUT2D eigenvalue weighted by molar-refractivity contribution is -0.164. The fourth-order valence-corrected chi connectivity index (χ4v) is 1.70. The summed E-state index contributed by atoms with van der Waals surface area (Å²) in [5.41, 5.74) is 1.86. The molecule has 0 aliphatic carbocycles. The number of hydrogen-bond donors (Lipinski definition) is 1. The fraction of sp³-hybridized carbons (Fsp3) is 0.182. The normalized spacial score (nSPS) is 16.2. The maximum atomic E-state index is 11.3. The van der Waals surface area contributed by atoms with Gasteiger partial charge in [0.15, 0.2) is 0 Å². The Labute approximate surface area is 92.0 Å². The molecule has 1 aromatic carbocycles. The zero-order chi connectivity index (χ0) is 11.0. The minimum absolute atomic E-state index is 0.111. The van der Waals surface area contributed by atoms with Crippen LogP contribution in [0.1, 0.15) is 5.82 Å². The number of amides is 1. The van der Waals surface area contributed by atoms with Gasteiger partial charge < -0.3 is 4.98 Å². The highest BCUT2D eigenvalue weighted by Gasteiger charge is 2.23. The number of rotatable bonds is 2. The number of hydroxylamine groups is 2. The molecule has 1 aliphatic rings. The molecule has 1 saturated heterocycles. The molecule has 1 aromatic heterocycles. The summed E-state index contributed by atoms with van der Waals surface area (Å²) in [6, 6.07) is 7.74. The first-order valence-corrected chi connectivity index (χ1v) is 5.04. The minimum atomic E-state index is -0.111. The number of para-hydroxylation sites is 2. The smallest absolute Gasteiger partial charge is 0.252 e. The second kappa shape index (κ2) is 3.61. The Bertz CT molecular complexity index is 502. The number of aromatic amines is 1. The third-order valence-corrected chi connectivity index (χ3v) is 2.47. The SMILES string of the molecule is O=C1[CH]CON1Cc1nc2ccccc2[nH]1. The molecule has 16 heavy (non-hydrogen) atoms. The van der Waals surface area contributed by atoms with Gasteiger partial charge in [0.25, 0.3) is 5.91 Å². The van der Waals surface area contributed by atoms with Crippen molar-refractivity contribution < 1.29 is 9.63 Å². The number of H-pyrrole nitrogens is 1. The van der Waals surface area contributed by atoms with Crippen LogP contribution < -0.4 is 0 Å². The molecule has 5 heteroatoms. The van der Waals surface area contributed by atoms with Gasteiger partial charge in [0.2, 0.25) is 0 Å². The summed E-state index contributed by atoms with van der Waals surface area (Å²) in [5.74, 6) is 0.616. The number of nitrogens with one attached hydrogen (secondary N) is 1. The number of nitrogens with zero attached hydrogens (tertiary/aromatic N) is 2. The van der Waals surface area contributed by atoms with E-state index >= 15 is 0 Å². The topological polar surface area (TPSA) is 58.2 Å². The van der Waals surface area contributed by atoms with Crippen LogP contribution in [-0.2, 0) is 16.2 Å². The van der Waals surface area contributed by atoms with Crippen LogP contribution in [0.2, 0.25) is 0 Å². The first kappa shape index (κ1) is 9.35. The lowest BCUT2D eigenvalue weighted by Gasteiger charge is -2.11. The van der Waals surface area contributed by atoms with Gasteiger partial charge in [0, 0.05) is 0 Å². The number of imidazole rings is 1. The number of carbonyl (C=O) groups is 1. The zero-order valence-corrected chi connectivity index (χ0v) is 8.51. The molecule has 1 radical (unpaired) electrons. The van der Waals surface area contributed by atoms with Crippen LogP contribution in [0.25, 0.3) is 11.0 Å². The van der Waals surface area contributed by atoms with Crippen LogP contribution in [0, 0.1) is 6.42 Å². The van der Waals surface area contributed by atoms with Crippen molar-refractivity contribution in [2.45, 2.75) is 6.54 Å². The third kappa shape index (κ3) is 1.55. The first-order valence-electron chi connectivity index (χ1n) is 5.04. The molecule has 1 fully saturated rings. The first-order chi connectivity index (χ1) is 7.83. The average molecular weight is 216 g/mol. The summed E-state index contributed by atoms with van der Waals surface area (Å²) in [5, 5.41) is 1.30. The van der Waals surface area contributed by atoms with E-state index < -0.39 is 0 Å². The molecule has 2 aromatic rings. The lowest BCUT2D eigenvalue weighted by atomic mass is 10.3. The van der Waals surface area contributed by atoms with Crippen molar-refractivity contribution in [1.82, 2.24) is 15.0 Å². The van der Waals surface area contributed by atoms with Crippen molar-refractivity contribution in [2.24, 2.45) is 0 Å². The van der Waals surface area contributed by atoms with Crippen LogP contribution >= 0.6 is 0 Å². The second-order valence-corrected chi connectivity index (χ2v) is 3.58. The molecule has 1 amide bonds. The monoisotopic (exact) mass is 216 g/mol. The van der Waals surface area contributed by atoms with Crippen LogP contribution in [0.5, 0.6) is 0 Å². The van der Waals surface area contributed by atoms with Crippen molar-refractivity contribution in [2.75, 3.05) is 6.61 Å². The van der Waals surface area contributed by atoms with Gasteiger partial charge in [-0.3, -0.25) is 9.63 Å². The summed E-state index contributed by atoms with van der Waals surface area (Å²) in [6.45, 7) is 0.697. The molecule has 0 atom stereocenters. The van der Waals surface area contributed by atoms with Gasteiger partial charge in [-0.2, -0.15) is 0 Å². The predicted molar refractivity (Wildman–Crippen MR) is 56.9 cm³/mol. The molecule has 0 unspecified atom stereocenters. The number of fused-ring (bicyclic) bond motifs is 1. The van der Waals surface area contributed by atoms with E-state index in [4.69, 9.17) is 4.84 Å². The maximum Gasteiger partial charge on any atom is 0.252 e. The molecule has 0 spiro atoms. The Hall–Kier alpha value is -1.88. The zero-order valence-electron chi connectivity index (χ0n) is 8.51. The quantitative estimate of drug-likeness (QED) is 0.816. The average Bonchev–Trinajstić information content (AvgIpc) is 2.85. The number of aromatic nitrogens is 2. The van der Waals surface area contributed by atoms with E-state index in [0.717, 1.165) is 16.9 Å². The molecule has 3 rings (SSSR count). The Morgan fingerprint density at radius 3 is 3.06 bits per heavy atom. The van der Waals surface area contributed by atoms with Gasteiger partial charge in [-0.1, -0.05) is 12.1 Å². The highest BCUT2D eigenvalue weighted by atomic mass is 16.7. The summed E-state index contributed by atoms with van der Waals surface area (Å²) < 4.78 is 0. The Morgan fingerprint density at radius 1 is 1.44 bits per heavy atom. The highest BCUT2D eigenvalue weighted by molar-refractivity contribution is 5.85. The van der Waals surface area contributed by atoms with Gasteiger partial charge in [0.1, 0.15) is 12.4 Å². The van der Waals surface area contributed by atoms with Gasteiger partial charge in [-0.05, 0) is 12.1 Å². The summed E-state index contributed by atoms with van der Waals surface area (Å²) in [6.07, 6.45) is 1.50. The van der Waals surface area contributed by atoms with Crippen LogP contribution in [0.3, 0.4) is 0 Å². The summed E-state index contributed by atoms with van der Waals surface area (Å²) >= 11 is 0. The molecule has 1 aliphatic heterocycles. The van der Waals surface area contributed by atoms with Crippen molar-refractivity contribution in [3.05, 3.63) is 36.5 Å².